The van der Waals surface area contributed by atoms with Gasteiger partial charge in [-0.05, 0) is 50.1 Å². The highest BCUT2D eigenvalue weighted by Gasteiger charge is 2.43. The van der Waals surface area contributed by atoms with E-state index in [2.05, 4.69) is 15.2 Å². The van der Waals surface area contributed by atoms with Crippen molar-refractivity contribution in [3.8, 4) is 0 Å². The predicted molar refractivity (Wildman–Crippen MR) is 109 cm³/mol. The van der Waals surface area contributed by atoms with E-state index in [0.717, 1.165) is 24.2 Å². The molecule has 154 valence electrons. The maximum Gasteiger partial charge on any atom is 0.325 e. The fraction of sp³-hybridized carbons (Fsp3) is 0.409. The molecule has 3 amide bonds. The van der Waals surface area contributed by atoms with Gasteiger partial charge in [0.15, 0.2) is 0 Å². The first-order chi connectivity index (χ1) is 13.8. The zero-order valence-electron chi connectivity index (χ0n) is 16.9. The monoisotopic (exact) mass is 398 g/mol. The van der Waals surface area contributed by atoms with Crippen LogP contribution in [0.4, 0.5) is 9.18 Å². The van der Waals surface area contributed by atoms with Crippen molar-refractivity contribution in [3.05, 3.63) is 65.7 Å². The molecule has 6 nitrogen and oxygen atoms in total. The minimum Gasteiger partial charge on any atom is -0.324 e. The third-order valence-electron chi connectivity index (χ3n) is 5.03. The number of nitrogens with one attached hydrogen (secondary N) is 1. The maximum atomic E-state index is 13.2. The standard InChI is InChI=1S/C22H27FN4O2/c1-22(2)20(28)27(21(29)25-22)14-5-13-26(15-11-19-6-3-4-12-24-19)16-17-7-9-18(23)10-8-17/h3-4,6-10,12H,5,11,13-16H2,1-2H3,(H,25,29). The highest BCUT2D eigenvalue weighted by Crippen LogP contribution is 2.17. The quantitative estimate of drug-likeness (QED) is 0.660. The van der Waals surface area contributed by atoms with Crippen LogP contribution >= 0.6 is 0 Å². The van der Waals surface area contributed by atoms with E-state index in [1.54, 1.807) is 32.2 Å². The smallest absolute Gasteiger partial charge is 0.324 e. The first kappa shape index (κ1) is 20.9. The summed E-state index contributed by atoms with van der Waals surface area (Å²) < 4.78 is 13.2. The molecule has 0 radical (unpaired) electrons. The van der Waals surface area contributed by atoms with Gasteiger partial charge in [-0.2, -0.15) is 0 Å². The molecular weight excluding hydrogens is 371 g/mol. The van der Waals surface area contributed by atoms with Crippen LogP contribution in [0, 0.1) is 5.82 Å². The molecule has 1 aliphatic heterocycles. The summed E-state index contributed by atoms with van der Waals surface area (Å²) in [6, 6.07) is 12.0. The second-order valence-corrected chi connectivity index (χ2v) is 7.84. The maximum absolute atomic E-state index is 13.2. The number of halogens is 1. The average molecular weight is 398 g/mol. The normalized spacial score (nSPS) is 15.8. The number of aromatic nitrogens is 1. The second kappa shape index (κ2) is 9.13. The lowest BCUT2D eigenvalue weighted by atomic mass is 10.1. The Kier molecular flexibility index (Phi) is 6.59. The van der Waals surface area contributed by atoms with Gasteiger partial charge >= 0.3 is 6.03 Å². The number of urea groups is 1. The van der Waals surface area contributed by atoms with E-state index < -0.39 is 5.54 Å². The Bertz CT molecular complexity index is 840. The summed E-state index contributed by atoms with van der Waals surface area (Å²) in [6.45, 7) is 5.94. The topological polar surface area (TPSA) is 65.5 Å². The SMILES string of the molecule is CC1(C)NC(=O)N(CCCN(CCc2ccccn2)Cc2ccc(F)cc2)C1=O. The van der Waals surface area contributed by atoms with E-state index in [1.807, 2.05) is 18.2 Å². The van der Waals surface area contributed by atoms with Crippen LogP contribution in [0.25, 0.3) is 0 Å². The molecule has 3 rings (SSSR count). The van der Waals surface area contributed by atoms with Gasteiger partial charge in [-0.3, -0.25) is 19.6 Å². The van der Waals surface area contributed by atoms with Crippen LogP contribution < -0.4 is 5.32 Å². The fourth-order valence-corrected chi connectivity index (χ4v) is 3.41. The van der Waals surface area contributed by atoms with Gasteiger partial charge in [0.25, 0.3) is 5.91 Å². The third-order valence-corrected chi connectivity index (χ3v) is 5.03. The minimum atomic E-state index is -0.843. The van der Waals surface area contributed by atoms with Crippen LogP contribution in [0.1, 0.15) is 31.5 Å². The van der Waals surface area contributed by atoms with E-state index in [-0.39, 0.29) is 17.8 Å². The minimum absolute atomic E-state index is 0.193. The Morgan fingerprint density at radius 1 is 1.10 bits per heavy atom. The first-order valence-electron chi connectivity index (χ1n) is 9.86. The molecular formula is C22H27FN4O2. The van der Waals surface area contributed by atoms with E-state index >= 15 is 0 Å². The van der Waals surface area contributed by atoms with Gasteiger partial charge in [-0.15, -0.1) is 0 Å². The fourth-order valence-electron chi connectivity index (χ4n) is 3.41. The van der Waals surface area contributed by atoms with Gasteiger partial charge in [0.05, 0.1) is 0 Å². The predicted octanol–water partition coefficient (Wildman–Crippen LogP) is 2.99. The summed E-state index contributed by atoms with van der Waals surface area (Å²) >= 11 is 0. The molecule has 1 N–H and O–H groups in total. The van der Waals surface area contributed by atoms with Gasteiger partial charge in [0.1, 0.15) is 11.4 Å². The molecule has 1 fully saturated rings. The molecule has 0 atom stereocenters. The van der Waals surface area contributed by atoms with Crippen LogP contribution in [0.3, 0.4) is 0 Å². The molecule has 0 saturated carbocycles. The molecule has 7 heteroatoms. The highest BCUT2D eigenvalue weighted by atomic mass is 19.1. The first-order valence-corrected chi connectivity index (χ1v) is 9.86. The lowest BCUT2D eigenvalue weighted by molar-refractivity contribution is -0.130. The second-order valence-electron chi connectivity index (χ2n) is 7.84. The summed E-state index contributed by atoms with van der Waals surface area (Å²) in [5, 5.41) is 2.70. The van der Waals surface area contributed by atoms with Crippen molar-refractivity contribution in [2.45, 2.75) is 38.8 Å². The number of imide groups is 1. The van der Waals surface area contributed by atoms with Crippen LogP contribution in [-0.2, 0) is 17.8 Å². The number of rotatable bonds is 9. The zero-order chi connectivity index (χ0) is 20.9. The molecule has 0 aliphatic carbocycles. The number of carbonyl (C=O) groups is 2. The number of hydrogen-bond donors (Lipinski definition) is 1. The van der Waals surface area contributed by atoms with Crippen LogP contribution in [-0.4, -0.2) is 51.9 Å². The summed E-state index contributed by atoms with van der Waals surface area (Å²) in [4.78, 5) is 32.3. The molecule has 0 unspecified atom stereocenters. The molecule has 0 spiro atoms. The molecule has 29 heavy (non-hydrogen) atoms. The Balaban J connectivity index is 1.59. The Morgan fingerprint density at radius 3 is 2.48 bits per heavy atom. The summed E-state index contributed by atoms with van der Waals surface area (Å²) in [6.07, 6.45) is 3.23. The number of benzene rings is 1. The van der Waals surface area contributed by atoms with Gasteiger partial charge in [0.2, 0.25) is 0 Å². The van der Waals surface area contributed by atoms with E-state index in [9.17, 15) is 14.0 Å². The van der Waals surface area contributed by atoms with Crippen LogP contribution in [0.5, 0.6) is 0 Å². The third kappa shape index (κ3) is 5.60. The van der Waals surface area contributed by atoms with Crippen molar-refractivity contribution in [2.75, 3.05) is 19.6 Å². The van der Waals surface area contributed by atoms with E-state index in [0.29, 0.717) is 26.1 Å². The highest BCUT2D eigenvalue weighted by molar-refractivity contribution is 6.06. The summed E-state index contributed by atoms with van der Waals surface area (Å²) in [7, 11) is 0. The van der Waals surface area contributed by atoms with Crippen molar-refractivity contribution >= 4 is 11.9 Å². The van der Waals surface area contributed by atoms with Crippen molar-refractivity contribution in [2.24, 2.45) is 0 Å². The Hall–Kier alpha value is -2.80. The van der Waals surface area contributed by atoms with Gasteiger partial charge in [-0.25, -0.2) is 9.18 Å². The Labute approximate surface area is 170 Å². The van der Waals surface area contributed by atoms with E-state index in [4.69, 9.17) is 0 Å². The summed E-state index contributed by atoms with van der Waals surface area (Å²) in [5.41, 5.74) is 1.18. The average Bonchev–Trinajstić information content (AvgIpc) is 2.89. The molecule has 1 aromatic heterocycles. The molecule has 1 saturated heterocycles. The van der Waals surface area contributed by atoms with Gasteiger partial charge in [0, 0.05) is 44.5 Å². The van der Waals surface area contributed by atoms with Crippen molar-refractivity contribution < 1.29 is 14.0 Å². The molecule has 0 bridgehead atoms. The molecule has 2 heterocycles. The van der Waals surface area contributed by atoms with Gasteiger partial charge < -0.3 is 5.32 Å². The van der Waals surface area contributed by atoms with E-state index in [1.165, 1.54) is 17.0 Å². The number of hydrogen-bond acceptors (Lipinski definition) is 4. The number of pyridine rings is 1. The Morgan fingerprint density at radius 2 is 1.86 bits per heavy atom. The largest absolute Gasteiger partial charge is 0.325 e. The molecule has 2 aromatic rings. The van der Waals surface area contributed by atoms with Crippen LogP contribution in [0.15, 0.2) is 48.7 Å². The summed E-state index contributed by atoms with van der Waals surface area (Å²) in [5.74, 6) is -0.448. The van der Waals surface area contributed by atoms with Crippen molar-refractivity contribution in [1.82, 2.24) is 20.1 Å². The number of amides is 3. The molecule has 1 aliphatic rings. The van der Waals surface area contributed by atoms with Crippen LogP contribution in [0.2, 0.25) is 0 Å². The molecule has 1 aromatic carbocycles. The zero-order valence-corrected chi connectivity index (χ0v) is 16.9. The lowest BCUT2D eigenvalue weighted by Gasteiger charge is -2.23. The number of nitrogens with zero attached hydrogens (tertiary/aromatic N) is 3. The number of carbonyl (C=O) groups excluding carboxylic acids is 2. The van der Waals surface area contributed by atoms with Crippen molar-refractivity contribution in [1.29, 1.82) is 0 Å². The van der Waals surface area contributed by atoms with Gasteiger partial charge in [-0.1, -0.05) is 18.2 Å². The van der Waals surface area contributed by atoms with Crippen molar-refractivity contribution in [3.63, 3.8) is 0 Å². The lowest BCUT2D eigenvalue weighted by Crippen LogP contribution is -2.40.